The number of benzene rings is 2. The van der Waals surface area contributed by atoms with Crippen LogP contribution in [0.4, 0.5) is 20.3 Å². The minimum atomic E-state index is -0.429. The molecule has 5 rings (SSSR count). The molecule has 9 nitrogen and oxygen atoms in total. The topological polar surface area (TPSA) is 79.5 Å². The summed E-state index contributed by atoms with van der Waals surface area (Å²) >= 11 is 0. The second kappa shape index (κ2) is 9.73. The summed E-state index contributed by atoms with van der Waals surface area (Å²) in [6, 6.07) is 6.76. The van der Waals surface area contributed by atoms with E-state index in [-0.39, 0.29) is 12.4 Å². The molecule has 3 heterocycles. The van der Waals surface area contributed by atoms with E-state index in [1.54, 1.807) is 77.6 Å². The Morgan fingerprint density at radius 2 is 1.79 bits per heavy atom. The minimum absolute atomic E-state index is 0.271. The van der Waals surface area contributed by atoms with Gasteiger partial charge in [0.25, 0.3) is 0 Å². The van der Waals surface area contributed by atoms with E-state index in [1.165, 1.54) is 17.3 Å². The van der Waals surface area contributed by atoms with Crippen molar-refractivity contribution in [2.45, 2.75) is 26.8 Å². The van der Waals surface area contributed by atoms with Gasteiger partial charge in [-0.15, -0.1) is 0 Å². The molecule has 2 aromatic carbocycles. The number of fused-ring (bicyclic) bond motifs is 2. The first-order chi connectivity index (χ1) is 18.2. The summed E-state index contributed by atoms with van der Waals surface area (Å²) in [6.07, 6.45) is 6.46. The number of nitrogens with zero attached hydrogens (tertiary/aromatic N) is 7. The van der Waals surface area contributed by atoms with Crippen molar-refractivity contribution in [3.05, 3.63) is 76.9 Å². The summed E-state index contributed by atoms with van der Waals surface area (Å²) in [7, 11) is 3.42. The van der Waals surface area contributed by atoms with Gasteiger partial charge in [0.15, 0.2) is 5.82 Å². The number of aromatic nitrogens is 4. The third-order valence-corrected chi connectivity index (χ3v) is 6.89. The van der Waals surface area contributed by atoms with Gasteiger partial charge in [-0.25, -0.2) is 13.5 Å². The van der Waals surface area contributed by atoms with E-state index in [1.807, 2.05) is 0 Å². The van der Waals surface area contributed by atoms with Crippen molar-refractivity contribution in [1.82, 2.24) is 24.5 Å². The Morgan fingerprint density at radius 1 is 1.05 bits per heavy atom. The van der Waals surface area contributed by atoms with Gasteiger partial charge in [-0.2, -0.15) is 10.2 Å². The Hall–Kier alpha value is -4.54. The monoisotopic (exact) mass is 519 g/mol. The van der Waals surface area contributed by atoms with Gasteiger partial charge in [0.2, 0.25) is 12.8 Å². The van der Waals surface area contributed by atoms with Crippen molar-refractivity contribution >= 4 is 35.2 Å². The average molecular weight is 520 g/mol. The molecular formula is C27H27F2N7O2. The van der Waals surface area contributed by atoms with Crippen LogP contribution in [0.3, 0.4) is 0 Å². The molecule has 0 unspecified atom stereocenters. The van der Waals surface area contributed by atoms with E-state index in [4.69, 9.17) is 5.10 Å². The molecule has 0 saturated heterocycles. The van der Waals surface area contributed by atoms with Gasteiger partial charge in [-0.3, -0.25) is 19.2 Å². The van der Waals surface area contributed by atoms with Gasteiger partial charge in [0, 0.05) is 45.0 Å². The molecule has 196 valence electrons. The van der Waals surface area contributed by atoms with E-state index in [2.05, 4.69) is 5.10 Å². The van der Waals surface area contributed by atoms with Crippen LogP contribution in [0.25, 0.3) is 16.6 Å². The molecule has 1 aliphatic rings. The maximum atomic E-state index is 15.2. The minimum Gasteiger partial charge on any atom is -0.347 e. The van der Waals surface area contributed by atoms with Crippen LogP contribution in [-0.4, -0.2) is 50.9 Å². The number of halogens is 2. The lowest BCUT2D eigenvalue weighted by atomic mass is 10.1. The van der Waals surface area contributed by atoms with Gasteiger partial charge >= 0.3 is 0 Å². The molecule has 2 aromatic heterocycles. The molecular weight excluding hydrogens is 492 g/mol. The summed E-state index contributed by atoms with van der Waals surface area (Å²) in [6.45, 7) is 4.11. The fourth-order valence-electron chi connectivity index (χ4n) is 4.82. The number of rotatable bonds is 7. The van der Waals surface area contributed by atoms with Crippen molar-refractivity contribution in [2.75, 3.05) is 23.4 Å². The Kier molecular flexibility index (Phi) is 6.43. The quantitative estimate of drug-likeness (QED) is 0.348. The highest BCUT2D eigenvalue weighted by Gasteiger charge is 2.28. The average Bonchev–Trinajstić information content (AvgIpc) is 3.48. The first kappa shape index (κ1) is 25.1. The fourth-order valence-corrected chi connectivity index (χ4v) is 4.82. The highest BCUT2D eigenvalue weighted by atomic mass is 19.1. The largest absolute Gasteiger partial charge is 0.347 e. The summed E-state index contributed by atoms with van der Waals surface area (Å²) in [5.74, 6) is -0.303. The second-order valence-corrected chi connectivity index (χ2v) is 9.40. The van der Waals surface area contributed by atoms with Crippen LogP contribution in [0.1, 0.15) is 22.4 Å². The van der Waals surface area contributed by atoms with Crippen molar-refractivity contribution in [3.63, 3.8) is 0 Å². The van der Waals surface area contributed by atoms with Crippen LogP contribution in [0, 0.1) is 25.5 Å². The van der Waals surface area contributed by atoms with Gasteiger partial charge in [-0.05, 0) is 49.2 Å². The summed E-state index contributed by atoms with van der Waals surface area (Å²) in [5.41, 5.74) is 3.92. The van der Waals surface area contributed by atoms with Crippen molar-refractivity contribution < 1.29 is 18.4 Å². The zero-order valence-corrected chi connectivity index (χ0v) is 21.5. The second-order valence-electron chi connectivity index (χ2n) is 9.40. The van der Waals surface area contributed by atoms with Crippen LogP contribution in [0.2, 0.25) is 0 Å². The molecule has 0 N–H and O–H groups in total. The lowest BCUT2D eigenvalue weighted by molar-refractivity contribution is -0.118. The van der Waals surface area contributed by atoms with Crippen LogP contribution < -0.4 is 9.80 Å². The van der Waals surface area contributed by atoms with E-state index in [0.29, 0.717) is 64.2 Å². The number of carbonyl (C=O) groups excluding carboxylic acids is 2. The number of carbonyl (C=O) groups is 2. The highest BCUT2D eigenvalue weighted by molar-refractivity contribution is 5.84. The van der Waals surface area contributed by atoms with Gasteiger partial charge in [-0.1, -0.05) is 0 Å². The third-order valence-electron chi connectivity index (χ3n) is 6.89. The van der Waals surface area contributed by atoms with E-state index < -0.39 is 5.82 Å². The van der Waals surface area contributed by atoms with Crippen LogP contribution in [0.5, 0.6) is 0 Å². The molecule has 2 amide bonds. The standard InChI is InChI=1S/C27H27F2N7O2/c1-17-11-19(12-18(2)25(17)28)36-27(21-14-34(15-37)8-7-22(21)31-36)35(16-38)10-9-32(3)24-6-5-23-20(26(24)29)13-30-33(23)4/h5-6,9-13,15-16H,7-8,14H2,1-4H3/b10-9-. The smallest absolute Gasteiger partial charge is 0.219 e. The maximum Gasteiger partial charge on any atom is 0.219 e. The zero-order valence-electron chi connectivity index (χ0n) is 21.5. The number of hydrogen-bond acceptors (Lipinski definition) is 5. The molecule has 0 spiro atoms. The SMILES string of the molecule is Cc1cc(-n2nc3c(c2N(C=O)/C=C\N(C)c2ccc4c(cnn4C)c2F)CN(C=O)CC3)cc(C)c1F. The summed E-state index contributed by atoms with van der Waals surface area (Å²) in [4.78, 5) is 28.4. The van der Waals surface area contributed by atoms with Crippen LogP contribution in [0.15, 0.2) is 42.9 Å². The number of anilines is 2. The zero-order chi connectivity index (χ0) is 27.1. The lowest BCUT2D eigenvalue weighted by Gasteiger charge is -2.24. The van der Waals surface area contributed by atoms with Gasteiger partial charge in [0.05, 0.1) is 40.7 Å². The van der Waals surface area contributed by atoms with Crippen molar-refractivity contribution in [3.8, 4) is 5.69 Å². The Bertz CT molecular complexity index is 1570. The normalized spacial score (nSPS) is 13.3. The first-order valence-electron chi connectivity index (χ1n) is 12.1. The predicted molar refractivity (Wildman–Crippen MR) is 140 cm³/mol. The highest BCUT2D eigenvalue weighted by Crippen LogP contribution is 2.33. The molecule has 1 aliphatic heterocycles. The molecule has 4 aromatic rings. The predicted octanol–water partition coefficient (Wildman–Crippen LogP) is 3.74. The van der Waals surface area contributed by atoms with Gasteiger partial charge < -0.3 is 9.80 Å². The molecule has 0 atom stereocenters. The molecule has 0 saturated carbocycles. The van der Waals surface area contributed by atoms with E-state index in [0.717, 1.165) is 12.1 Å². The maximum absolute atomic E-state index is 15.2. The molecule has 38 heavy (non-hydrogen) atoms. The number of amides is 2. The third kappa shape index (κ3) is 4.19. The van der Waals surface area contributed by atoms with Crippen LogP contribution >= 0.6 is 0 Å². The van der Waals surface area contributed by atoms with Crippen molar-refractivity contribution in [1.29, 1.82) is 0 Å². The summed E-state index contributed by atoms with van der Waals surface area (Å²) < 4.78 is 32.8. The molecule has 0 radical (unpaired) electrons. The molecule has 0 bridgehead atoms. The Balaban J connectivity index is 1.57. The number of hydrogen-bond donors (Lipinski definition) is 0. The van der Waals surface area contributed by atoms with E-state index >= 15 is 4.39 Å². The summed E-state index contributed by atoms with van der Waals surface area (Å²) in [5, 5.41) is 9.24. The van der Waals surface area contributed by atoms with Gasteiger partial charge in [0.1, 0.15) is 11.6 Å². The van der Waals surface area contributed by atoms with Crippen molar-refractivity contribution in [2.24, 2.45) is 7.05 Å². The lowest BCUT2D eigenvalue weighted by Crippen LogP contribution is -2.30. The number of aryl methyl sites for hydroxylation is 3. The first-order valence-corrected chi connectivity index (χ1v) is 12.1. The molecule has 0 aliphatic carbocycles. The molecule has 0 fully saturated rings. The Labute approximate surface area is 218 Å². The van der Waals surface area contributed by atoms with Crippen LogP contribution in [-0.2, 0) is 29.6 Å². The molecule has 11 heteroatoms. The fraction of sp³-hybridized carbons (Fsp3) is 0.259. The Morgan fingerprint density at radius 3 is 2.47 bits per heavy atom. The van der Waals surface area contributed by atoms with E-state index in [9.17, 15) is 14.0 Å².